The predicted octanol–water partition coefficient (Wildman–Crippen LogP) is 1.45. The second kappa shape index (κ2) is 4.84. The molecule has 0 aliphatic rings. The fourth-order valence-electron chi connectivity index (χ4n) is 1.20. The van der Waals surface area contributed by atoms with Gasteiger partial charge in [0.15, 0.2) is 0 Å². The number of hydrogen-bond donors (Lipinski definition) is 2. The van der Waals surface area contributed by atoms with Gasteiger partial charge in [-0.15, -0.1) is 0 Å². The summed E-state index contributed by atoms with van der Waals surface area (Å²) in [5, 5.41) is 17.4. The summed E-state index contributed by atoms with van der Waals surface area (Å²) in [6.07, 6.45) is 0.406. The first-order valence-electron chi connectivity index (χ1n) is 4.31. The highest BCUT2D eigenvalue weighted by molar-refractivity contribution is 5.79. The minimum Gasteiger partial charge on any atom is -0.481 e. The Labute approximate surface area is 77.6 Å². The molecule has 0 heterocycles. The van der Waals surface area contributed by atoms with Gasteiger partial charge in [-0.3, -0.25) is 9.59 Å². The van der Waals surface area contributed by atoms with E-state index in [-0.39, 0.29) is 5.92 Å². The Morgan fingerprint density at radius 3 is 1.77 bits per heavy atom. The van der Waals surface area contributed by atoms with Crippen LogP contribution < -0.4 is 0 Å². The van der Waals surface area contributed by atoms with Crippen LogP contribution >= 0.6 is 0 Å². The van der Waals surface area contributed by atoms with Gasteiger partial charge in [0, 0.05) is 0 Å². The molecule has 4 heteroatoms. The van der Waals surface area contributed by atoms with Crippen molar-refractivity contribution in [1.82, 2.24) is 0 Å². The highest BCUT2D eigenvalue weighted by atomic mass is 16.4. The molecule has 0 spiro atoms. The van der Waals surface area contributed by atoms with Gasteiger partial charge in [0.25, 0.3) is 0 Å². The maximum Gasteiger partial charge on any atom is 0.307 e. The molecule has 0 aromatic carbocycles. The summed E-state index contributed by atoms with van der Waals surface area (Å²) in [6, 6.07) is 0. The van der Waals surface area contributed by atoms with Crippen LogP contribution in [0.1, 0.15) is 27.2 Å². The normalized spacial score (nSPS) is 15.4. The van der Waals surface area contributed by atoms with E-state index in [0.717, 1.165) is 0 Å². The molecule has 0 saturated carbocycles. The summed E-state index contributed by atoms with van der Waals surface area (Å²) in [7, 11) is 0. The van der Waals surface area contributed by atoms with Gasteiger partial charge in [-0.2, -0.15) is 0 Å². The van der Waals surface area contributed by atoms with E-state index in [0.29, 0.717) is 6.42 Å². The largest absolute Gasteiger partial charge is 0.481 e. The van der Waals surface area contributed by atoms with Crippen molar-refractivity contribution in [2.75, 3.05) is 0 Å². The van der Waals surface area contributed by atoms with Crippen molar-refractivity contribution in [2.45, 2.75) is 27.2 Å². The molecule has 0 aromatic heterocycles. The number of carboxylic acid groups (broad SMARTS) is 2. The third-order valence-corrected chi connectivity index (χ3v) is 2.04. The van der Waals surface area contributed by atoms with Gasteiger partial charge in [0.05, 0.1) is 11.8 Å². The summed E-state index contributed by atoms with van der Waals surface area (Å²) < 4.78 is 0. The standard InChI is InChI=1S/C9H16O4/c1-5(2)4-7(9(12)13)6(3)8(10)11/h5-7H,4H2,1-3H3,(H,10,11)(H,12,13)/t6-,7+/m0/s1. The molecule has 0 aliphatic heterocycles. The Bertz CT molecular complexity index is 198. The first kappa shape index (κ1) is 11.9. The summed E-state index contributed by atoms with van der Waals surface area (Å²) in [5.74, 6) is -3.48. The van der Waals surface area contributed by atoms with Crippen LogP contribution in [0.15, 0.2) is 0 Å². The van der Waals surface area contributed by atoms with Crippen molar-refractivity contribution in [1.29, 1.82) is 0 Å². The molecular weight excluding hydrogens is 172 g/mol. The van der Waals surface area contributed by atoms with E-state index in [2.05, 4.69) is 0 Å². The van der Waals surface area contributed by atoms with Crippen molar-refractivity contribution in [2.24, 2.45) is 17.8 Å². The lowest BCUT2D eigenvalue weighted by molar-refractivity contribution is -0.153. The number of hydrogen-bond acceptors (Lipinski definition) is 2. The molecule has 0 aliphatic carbocycles. The van der Waals surface area contributed by atoms with Crippen molar-refractivity contribution in [3.63, 3.8) is 0 Å². The van der Waals surface area contributed by atoms with Crippen LogP contribution in [0.3, 0.4) is 0 Å². The van der Waals surface area contributed by atoms with Gasteiger partial charge in [-0.1, -0.05) is 20.8 Å². The van der Waals surface area contributed by atoms with E-state index in [1.165, 1.54) is 6.92 Å². The van der Waals surface area contributed by atoms with Crippen LogP contribution in [0.5, 0.6) is 0 Å². The molecule has 0 amide bonds. The number of carbonyl (C=O) groups is 2. The maximum atomic E-state index is 10.7. The highest BCUT2D eigenvalue weighted by Gasteiger charge is 2.30. The SMILES string of the molecule is CC(C)C[C@@H](C(=O)O)[C@H](C)C(=O)O. The zero-order valence-electron chi connectivity index (χ0n) is 8.15. The van der Waals surface area contributed by atoms with Crippen LogP contribution in [-0.2, 0) is 9.59 Å². The molecule has 2 N–H and O–H groups in total. The van der Waals surface area contributed by atoms with Crippen molar-refractivity contribution in [3.05, 3.63) is 0 Å². The second-order valence-corrected chi connectivity index (χ2v) is 3.70. The van der Waals surface area contributed by atoms with E-state index in [1.807, 2.05) is 13.8 Å². The molecule has 4 nitrogen and oxygen atoms in total. The minimum atomic E-state index is -1.05. The molecule has 0 saturated heterocycles. The molecule has 0 unspecified atom stereocenters. The van der Waals surface area contributed by atoms with Gasteiger partial charge >= 0.3 is 11.9 Å². The van der Waals surface area contributed by atoms with Gasteiger partial charge in [-0.25, -0.2) is 0 Å². The average Bonchev–Trinajstić information content (AvgIpc) is 1.97. The number of aliphatic carboxylic acids is 2. The Hall–Kier alpha value is -1.06. The lowest BCUT2D eigenvalue weighted by atomic mass is 9.87. The Morgan fingerprint density at radius 1 is 1.08 bits per heavy atom. The molecule has 76 valence electrons. The molecule has 0 rings (SSSR count). The Balaban J connectivity index is 4.42. The zero-order chi connectivity index (χ0) is 10.6. The van der Waals surface area contributed by atoms with Crippen LogP contribution in [0.2, 0.25) is 0 Å². The number of carboxylic acids is 2. The fraction of sp³-hybridized carbons (Fsp3) is 0.778. The smallest absolute Gasteiger partial charge is 0.307 e. The summed E-state index contributed by atoms with van der Waals surface area (Å²) >= 11 is 0. The first-order valence-corrected chi connectivity index (χ1v) is 4.31. The van der Waals surface area contributed by atoms with Crippen molar-refractivity contribution < 1.29 is 19.8 Å². The molecule has 13 heavy (non-hydrogen) atoms. The van der Waals surface area contributed by atoms with Gasteiger partial charge in [0.2, 0.25) is 0 Å². The average molecular weight is 188 g/mol. The Morgan fingerprint density at radius 2 is 1.54 bits per heavy atom. The quantitative estimate of drug-likeness (QED) is 0.684. The van der Waals surface area contributed by atoms with Crippen LogP contribution in [0, 0.1) is 17.8 Å². The van der Waals surface area contributed by atoms with Crippen molar-refractivity contribution >= 4 is 11.9 Å². The molecule has 0 aromatic rings. The second-order valence-electron chi connectivity index (χ2n) is 3.70. The topological polar surface area (TPSA) is 74.6 Å². The summed E-state index contributed by atoms with van der Waals surface area (Å²) in [4.78, 5) is 21.3. The van der Waals surface area contributed by atoms with E-state index in [4.69, 9.17) is 10.2 Å². The lowest BCUT2D eigenvalue weighted by Crippen LogP contribution is -2.28. The van der Waals surface area contributed by atoms with Crippen LogP contribution in [0.4, 0.5) is 0 Å². The molecule has 0 radical (unpaired) electrons. The fourth-order valence-corrected chi connectivity index (χ4v) is 1.20. The predicted molar refractivity (Wildman–Crippen MR) is 47.4 cm³/mol. The van der Waals surface area contributed by atoms with E-state index in [1.54, 1.807) is 0 Å². The van der Waals surface area contributed by atoms with Crippen molar-refractivity contribution in [3.8, 4) is 0 Å². The lowest BCUT2D eigenvalue weighted by Gasteiger charge is -2.18. The third-order valence-electron chi connectivity index (χ3n) is 2.04. The van der Waals surface area contributed by atoms with E-state index < -0.39 is 23.8 Å². The summed E-state index contributed by atoms with van der Waals surface area (Å²) in [6.45, 7) is 5.19. The van der Waals surface area contributed by atoms with Crippen LogP contribution in [-0.4, -0.2) is 22.2 Å². The number of rotatable bonds is 5. The highest BCUT2D eigenvalue weighted by Crippen LogP contribution is 2.20. The van der Waals surface area contributed by atoms with Gasteiger partial charge in [-0.05, 0) is 12.3 Å². The zero-order valence-corrected chi connectivity index (χ0v) is 8.15. The third kappa shape index (κ3) is 3.92. The first-order chi connectivity index (χ1) is 5.86. The van der Waals surface area contributed by atoms with Gasteiger partial charge < -0.3 is 10.2 Å². The summed E-state index contributed by atoms with van der Waals surface area (Å²) in [5.41, 5.74) is 0. The maximum absolute atomic E-state index is 10.7. The molecule has 2 atom stereocenters. The van der Waals surface area contributed by atoms with Gasteiger partial charge in [0.1, 0.15) is 0 Å². The monoisotopic (exact) mass is 188 g/mol. The molecule has 0 fully saturated rings. The minimum absolute atomic E-state index is 0.197. The van der Waals surface area contributed by atoms with E-state index in [9.17, 15) is 9.59 Å². The molecular formula is C9H16O4. The Kier molecular flexibility index (Phi) is 4.45. The molecule has 0 bridgehead atoms. The van der Waals surface area contributed by atoms with Crippen LogP contribution in [0.25, 0.3) is 0 Å². The van der Waals surface area contributed by atoms with E-state index >= 15 is 0 Å².